The number of morpholine rings is 1. The Bertz CT molecular complexity index is 1100. The number of carbonyl (C=O) groups is 2. The normalized spacial score (nSPS) is 13.3. The molecule has 3 aromatic rings. The first-order valence-electron chi connectivity index (χ1n) is 10.7. The largest absolute Gasteiger partial charge is 0.488 e. The summed E-state index contributed by atoms with van der Waals surface area (Å²) in [7, 11) is 0. The van der Waals surface area contributed by atoms with Crippen LogP contribution in [0.2, 0.25) is 0 Å². The summed E-state index contributed by atoms with van der Waals surface area (Å²) in [5.41, 5.74) is 2.23. The van der Waals surface area contributed by atoms with Crippen molar-refractivity contribution in [3.63, 3.8) is 0 Å². The van der Waals surface area contributed by atoms with Crippen LogP contribution in [0.5, 0.6) is 5.75 Å². The van der Waals surface area contributed by atoms with Gasteiger partial charge in [-0.2, -0.15) is 0 Å². The molecule has 9 nitrogen and oxygen atoms in total. The van der Waals surface area contributed by atoms with E-state index < -0.39 is 0 Å². The predicted octanol–water partition coefficient (Wildman–Crippen LogP) is 3.84. The minimum atomic E-state index is -0.343. The van der Waals surface area contributed by atoms with Gasteiger partial charge in [0.1, 0.15) is 0 Å². The molecule has 1 saturated heterocycles. The SMILES string of the molecule is CCOc1c(C=O)nc(-c2ccc(NC(=O)Nc3ccccc3)cc2)nc1N1CCOCC1. The molecule has 2 N–H and O–H groups in total. The zero-order valence-corrected chi connectivity index (χ0v) is 18.3. The van der Waals surface area contributed by atoms with Gasteiger partial charge in [-0.15, -0.1) is 0 Å². The van der Waals surface area contributed by atoms with Gasteiger partial charge in [0, 0.05) is 30.0 Å². The van der Waals surface area contributed by atoms with Crippen LogP contribution in [-0.4, -0.2) is 55.2 Å². The van der Waals surface area contributed by atoms with Crippen molar-refractivity contribution < 1.29 is 19.1 Å². The molecule has 0 unspecified atom stereocenters. The Morgan fingerprint density at radius 2 is 1.70 bits per heavy atom. The van der Waals surface area contributed by atoms with Gasteiger partial charge in [-0.3, -0.25) is 4.79 Å². The van der Waals surface area contributed by atoms with Gasteiger partial charge < -0.3 is 25.0 Å². The first-order valence-corrected chi connectivity index (χ1v) is 10.7. The fourth-order valence-corrected chi connectivity index (χ4v) is 3.45. The molecule has 2 aromatic carbocycles. The number of amides is 2. The molecule has 0 saturated carbocycles. The average Bonchev–Trinajstić information content (AvgIpc) is 2.86. The fourth-order valence-electron chi connectivity index (χ4n) is 3.45. The van der Waals surface area contributed by atoms with Crippen molar-refractivity contribution in [2.24, 2.45) is 0 Å². The van der Waals surface area contributed by atoms with Gasteiger partial charge >= 0.3 is 6.03 Å². The predicted molar refractivity (Wildman–Crippen MR) is 126 cm³/mol. The smallest absolute Gasteiger partial charge is 0.323 e. The van der Waals surface area contributed by atoms with Crippen molar-refractivity contribution in [1.82, 2.24) is 9.97 Å². The Morgan fingerprint density at radius 1 is 1.03 bits per heavy atom. The van der Waals surface area contributed by atoms with E-state index >= 15 is 0 Å². The maximum absolute atomic E-state index is 12.2. The van der Waals surface area contributed by atoms with Crippen molar-refractivity contribution in [3.05, 3.63) is 60.3 Å². The van der Waals surface area contributed by atoms with Crippen LogP contribution in [0.4, 0.5) is 22.0 Å². The molecule has 1 aromatic heterocycles. The number of hydrogen-bond donors (Lipinski definition) is 2. The van der Waals surface area contributed by atoms with Gasteiger partial charge in [-0.25, -0.2) is 14.8 Å². The summed E-state index contributed by atoms with van der Waals surface area (Å²) in [5, 5.41) is 5.56. The standard InChI is InChI=1S/C24H25N5O4/c1-2-33-21-20(16-30)27-22(28-23(21)29-12-14-32-15-13-29)17-8-10-19(11-9-17)26-24(31)25-18-6-4-3-5-7-18/h3-11,16H,2,12-15H2,1H3,(H2,25,26,31). The van der Waals surface area contributed by atoms with E-state index in [0.717, 1.165) is 0 Å². The third kappa shape index (κ3) is 5.45. The zero-order chi connectivity index (χ0) is 23.0. The monoisotopic (exact) mass is 447 g/mol. The Hall–Kier alpha value is -3.98. The molecule has 1 aliphatic rings. The minimum Gasteiger partial charge on any atom is -0.488 e. The average molecular weight is 447 g/mol. The first-order chi connectivity index (χ1) is 16.2. The number of para-hydroxylation sites is 1. The molecule has 0 aliphatic carbocycles. The highest BCUT2D eigenvalue weighted by Crippen LogP contribution is 2.32. The molecule has 2 amide bonds. The minimum absolute atomic E-state index is 0.202. The van der Waals surface area contributed by atoms with Gasteiger partial charge in [0.05, 0.1) is 19.8 Å². The number of urea groups is 1. The van der Waals surface area contributed by atoms with Crippen molar-refractivity contribution in [2.45, 2.75) is 6.92 Å². The third-order valence-corrected chi connectivity index (χ3v) is 5.02. The van der Waals surface area contributed by atoms with Gasteiger partial charge in [0.25, 0.3) is 0 Å². The topological polar surface area (TPSA) is 106 Å². The lowest BCUT2D eigenvalue weighted by Gasteiger charge is -2.29. The maximum Gasteiger partial charge on any atom is 0.323 e. The molecule has 9 heteroatoms. The highest BCUT2D eigenvalue weighted by Gasteiger charge is 2.23. The van der Waals surface area contributed by atoms with Gasteiger partial charge in [-0.1, -0.05) is 18.2 Å². The molecule has 0 bridgehead atoms. The lowest BCUT2D eigenvalue weighted by molar-refractivity contribution is 0.111. The number of ether oxygens (including phenoxy) is 2. The number of hydrogen-bond acceptors (Lipinski definition) is 7. The number of aldehydes is 1. The van der Waals surface area contributed by atoms with E-state index in [1.54, 1.807) is 24.3 Å². The number of aromatic nitrogens is 2. The molecular formula is C24H25N5O4. The van der Waals surface area contributed by atoms with Gasteiger partial charge in [0.15, 0.2) is 29.4 Å². The van der Waals surface area contributed by atoms with Gasteiger partial charge in [0.2, 0.25) is 0 Å². The molecule has 33 heavy (non-hydrogen) atoms. The number of benzene rings is 2. The summed E-state index contributed by atoms with van der Waals surface area (Å²) in [6.45, 7) is 4.69. The number of anilines is 3. The quantitative estimate of drug-likeness (QED) is 0.530. The summed E-state index contributed by atoms with van der Waals surface area (Å²) >= 11 is 0. The lowest BCUT2D eigenvalue weighted by Crippen LogP contribution is -2.37. The van der Waals surface area contributed by atoms with E-state index in [2.05, 4.69) is 15.6 Å². The summed E-state index contributed by atoms with van der Waals surface area (Å²) in [6, 6.07) is 16.0. The molecule has 0 spiro atoms. The van der Waals surface area contributed by atoms with Crippen molar-refractivity contribution >= 4 is 29.5 Å². The van der Waals surface area contributed by atoms with Crippen LogP contribution in [0.1, 0.15) is 17.4 Å². The summed E-state index contributed by atoms with van der Waals surface area (Å²) < 4.78 is 11.2. The van der Waals surface area contributed by atoms with E-state index in [1.165, 1.54) is 0 Å². The Balaban J connectivity index is 1.56. The van der Waals surface area contributed by atoms with E-state index in [-0.39, 0.29) is 11.7 Å². The molecular weight excluding hydrogens is 422 g/mol. The van der Waals surface area contributed by atoms with Crippen LogP contribution in [0, 0.1) is 0 Å². The Kier molecular flexibility index (Phi) is 7.11. The van der Waals surface area contributed by atoms with Crippen molar-refractivity contribution in [3.8, 4) is 17.1 Å². The fraction of sp³-hybridized carbons (Fsp3) is 0.250. The highest BCUT2D eigenvalue weighted by molar-refractivity contribution is 5.99. The molecule has 1 aliphatic heterocycles. The maximum atomic E-state index is 12.2. The highest BCUT2D eigenvalue weighted by atomic mass is 16.5. The van der Waals surface area contributed by atoms with Crippen LogP contribution in [-0.2, 0) is 4.74 Å². The van der Waals surface area contributed by atoms with Crippen LogP contribution in [0.3, 0.4) is 0 Å². The van der Waals surface area contributed by atoms with Crippen LogP contribution in [0.25, 0.3) is 11.4 Å². The second-order valence-electron chi connectivity index (χ2n) is 7.26. The Morgan fingerprint density at radius 3 is 2.33 bits per heavy atom. The van der Waals surface area contributed by atoms with Gasteiger partial charge in [-0.05, 0) is 43.3 Å². The van der Waals surface area contributed by atoms with Crippen LogP contribution in [0.15, 0.2) is 54.6 Å². The summed E-state index contributed by atoms with van der Waals surface area (Å²) in [5.74, 6) is 1.37. The van der Waals surface area contributed by atoms with E-state index in [0.29, 0.717) is 73.5 Å². The van der Waals surface area contributed by atoms with Crippen LogP contribution < -0.4 is 20.3 Å². The first kappa shape index (κ1) is 22.2. The molecule has 1 fully saturated rings. The number of nitrogens with zero attached hydrogens (tertiary/aromatic N) is 3. The molecule has 4 rings (SSSR count). The molecule has 2 heterocycles. The lowest BCUT2D eigenvalue weighted by atomic mass is 10.2. The summed E-state index contributed by atoms with van der Waals surface area (Å²) in [4.78, 5) is 35.2. The zero-order valence-electron chi connectivity index (χ0n) is 18.3. The number of rotatable bonds is 7. The van der Waals surface area contributed by atoms with E-state index in [4.69, 9.17) is 14.5 Å². The Labute approximate surface area is 191 Å². The summed E-state index contributed by atoms with van der Waals surface area (Å²) in [6.07, 6.45) is 0.684. The van der Waals surface area contributed by atoms with Crippen molar-refractivity contribution in [2.75, 3.05) is 48.4 Å². The second kappa shape index (κ2) is 10.6. The number of carbonyl (C=O) groups excluding carboxylic acids is 2. The second-order valence-corrected chi connectivity index (χ2v) is 7.26. The van der Waals surface area contributed by atoms with Crippen molar-refractivity contribution in [1.29, 1.82) is 0 Å². The number of nitrogens with one attached hydrogen (secondary N) is 2. The van der Waals surface area contributed by atoms with E-state index in [9.17, 15) is 9.59 Å². The molecule has 170 valence electrons. The molecule has 0 atom stereocenters. The van der Waals surface area contributed by atoms with Crippen LogP contribution >= 0.6 is 0 Å². The van der Waals surface area contributed by atoms with E-state index in [1.807, 2.05) is 42.2 Å². The third-order valence-electron chi connectivity index (χ3n) is 5.02. The molecule has 0 radical (unpaired) electrons.